The number of hydrogen-bond acceptors (Lipinski definition) is 5. The van der Waals surface area contributed by atoms with E-state index in [9.17, 15) is 14.4 Å². The second-order valence-corrected chi connectivity index (χ2v) is 11.3. The molecule has 1 heterocycles. The van der Waals surface area contributed by atoms with Gasteiger partial charge in [0.25, 0.3) is 11.8 Å². The van der Waals surface area contributed by atoms with Gasteiger partial charge in [0.15, 0.2) is 0 Å². The molecule has 0 aliphatic carbocycles. The lowest BCUT2D eigenvalue weighted by Gasteiger charge is -2.20. The molecule has 1 aliphatic heterocycles. The van der Waals surface area contributed by atoms with E-state index in [1.165, 1.54) is 0 Å². The maximum Gasteiger partial charge on any atom is 0.258 e. The Balaban J connectivity index is 1.43. The molecule has 4 aromatic rings. The van der Waals surface area contributed by atoms with Crippen molar-refractivity contribution >= 4 is 57.7 Å². The fraction of sp³-hybridized carbons (Fsp3) is 0.171. The molecule has 0 fully saturated rings. The lowest BCUT2D eigenvalue weighted by Crippen LogP contribution is -2.29. The van der Waals surface area contributed by atoms with Crippen molar-refractivity contribution in [3.05, 3.63) is 124 Å². The molecule has 5 rings (SSSR count). The van der Waals surface area contributed by atoms with Gasteiger partial charge in [-0.1, -0.05) is 54.1 Å². The summed E-state index contributed by atoms with van der Waals surface area (Å²) in [7, 11) is 5.64. The third-order valence-electron chi connectivity index (χ3n) is 7.35. The van der Waals surface area contributed by atoms with Gasteiger partial charge in [0, 0.05) is 59.8 Å². The van der Waals surface area contributed by atoms with Crippen molar-refractivity contribution in [2.24, 2.45) is 0 Å². The number of rotatable bonds is 10. The summed E-state index contributed by atoms with van der Waals surface area (Å²) in [5.74, 6) is -0.510. The third kappa shape index (κ3) is 7.16. The number of amides is 3. The number of nitrogens with zero attached hydrogens (tertiary/aromatic N) is 2. The largest absolute Gasteiger partial charge is 0.354 e. The highest BCUT2D eigenvalue weighted by molar-refractivity contribution is 6.37. The molecule has 4 aromatic carbocycles. The van der Waals surface area contributed by atoms with Crippen LogP contribution in [0.5, 0.6) is 0 Å². The maximum absolute atomic E-state index is 13.4. The Labute approximate surface area is 262 Å². The molecule has 0 bridgehead atoms. The van der Waals surface area contributed by atoms with E-state index in [-0.39, 0.29) is 17.7 Å². The average molecular weight is 608 g/mol. The van der Waals surface area contributed by atoms with E-state index in [4.69, 9.17) is 11.6 Å². The molecular weight excluding hydrogens is 574 g/mol. The van der Waals surface area contributed by atoms with Crippen LogP contribution >= 0.6 is 11.6 Å². The van der Waals surface area contributed by atoms with Crippen molar-refractivity contribution in [2.75, 3.05) is 43.2 Å². The summed E-state index contributed by atoms with van der Waals surface area (Å²) in [4.78, 5) is 42.8. The molecule has 0 unspecified atom stereocenters. The predicted octanol–water partition coefficient (Wildman–Crippen LogP) is 6.12. The molecule has 0 saturated carbocycles. The summed E-state index contributed by atoms with van der Waals surface area (Å²) in [6.45, 7) is 0.991. The van der Waals surface area contributed by atoms with Crippen molar-refractivity contribution in [2.45, 2.75) is 13.0 Å². The first-order chi connectivity index (χ1) is 21.2. The SMILES string of the molecule is CN(C)CCC(=O)N(C)c1ccc(N/C(=C2\C(=O)Nc3ccc(C(=O)NCc4cccc(Cl)c4)cc32)c2ccccc2)cc1. The van der Waals surface area contributed by atoms with Gasteiger partial charge >= 0.3 is 0 Å². The molecule has 224 valence electrons. The highest BCUT2D eigenvalue weighted by Gasteiger charge is 2.29. The van der Waals surface area contributed by atoms with Crippen LogP contribution in [-0.2, 0) is 16.1 Å². The molecule has 8 nitrogen and oxygen atoms in total. The van der Waals surface area contributed by atoms with Gasteiger partial charge < -0.3 is 25.8 Å². The van der Waals surface area contributed by atoms with Crippen LogP contribution < -0.4 is 20.9 Å². The van der Waals surface area contributed by atoms with Crippen molar-refractivity contribution in [1.82, 2.24) is 10.2 Å². The first-order valence-electron chi connectivity index (χ1n) is 14.3. The molecule has 9 heteroatoms. The van der Waals surface area contributed by atoms with E-state index in [0.29, 0.717) is 52.6 Å². The Hall–Kier alpha value is -4.92. The zero-order chi connectivity index (χ0) is 31.2. The lowest BCUT2D eigenvalue weighted by molar-refractivity contribution is -0.118. The molecular formula is C35H34ClN5O3. The maximum atomic E-state index is 13.4. The Morgan fingerprint density at radius 2 is 1.59 bits per heavy atom. The Bertz CT molecular complexity index is 1720. The molecule has 3 amide bonds. The quantitative estimate of drug-likeness (QED) is 0.189. The van der Waals surface area contributed by atoms with Gasteiger partial charge in [-0.3, -0.25) is 14.4 Å². The number of benzene rings is 4. The monoisotopic (exact) mass is 607 g/mol. The topological polar surface area (TPSA) is 93.8 Å². The summed E-state index contributed by atoms with van der Waals surface area (Å²) in [6, 6.07) is 29.6. The zero-order valence-corrected chi connectivity index (χ0v) is 25.6. The van der Waals surface area contributed by atoms with Crippen molar-refractivity contribution in [1.29, 1.82) is 0 Å². The van der Waals surface area contributed by atoms with Crippen LogP contribution in [0.2, 0.25) is 5.02 Å². The molecule has 3 N–H and O–H groups in total. The van der Waals surface area contributed by atoms with Gasteiger partial charge in [0.05, 0.1) is 11.3 Å². The molecule has 1 aliphatic rings. The summed E-state index contributed by atoms with van der Waals surface area (Å²) < 4.78 is 0. The summed E-state index contributed by atoms with van der Waals surface area (Å²) in [6.07, 6.45) is 0.420. The van der Waals surface area contributed by atoms with Gasteiger partial charge in [-0.25, -0.2) is 0 Å². The van der Waals surface area contributed by atoms with E-state index in [2.05, 4.69) is 16.0 Å². The van der Waals surface area contributed by atoms with Crippen LogP contribution in [0.3, 0.4) is 0 Å². The smallest absolute Gasteiger partial charge is 0.258 e. The molecule has 0 spiro atoms. The van der Waals surface area contributed by atoms with Crippen LogP contribution in [0.15, 0.2) is 97.1 Å². The lowest BCUT2D eigenvalue weighted by atomic mass is 9.98. The molecule has 0 radical (unpaired) electrons. The Morgan fingerprint density at radius 1 is 0.841 bits per heavy atom. The fourth-order valence-corrected chi connectivity index (χ4v) is 5.13. The van der Waals surface area contributed by atoms with Crippen LogP contribution in [0.4, 0.5) is 17.1 Å². The van der Waals surface area contributed by atoms with Crippen molar-refractivity contribution < 1.29 is 14.4 Å². The summed E-state index contributed by atoms with van der Waals surface area (Å²) in [5, 5.41) is 9.91. The predicted molar refractivity (Wildman–Crippen MR) is 178 cm³/mol. The average Bonchev–Trinajstić information content (AvgIpc) is 3.36. The minimum Gasteiger partial charge on any atom is -0.354 e. The fourth-order valence-electron chi connectivity index (χ4n) is 4.92. The Kier molecular flexibility index (Phi) is 9.43. The minimum atomic E-state index is -0.273. The number of carbonyl (C=O) groups excluding carboxylic acids is 3. The number of nitrogens with one attached hydrogen (secondary N) is 3. The Morgan fingerprint density at radius 3 is 2.30 bits per heavy atom. The number of halogens is 1. The number of anilines is 3. The van der Waals surface area contributed by atoms with Crippen LogP contribution in [-0.4, -0.2) is 50.3 Å². The number of fused-ring (bicyclic) bond motifs is 1. The van der Waals surface area contributed by atoms with E-state index >= 15 is 0 Å². The summed E-state index contributed by atoms with van der Waals surface area (Å²) in [5.41, 5.74) is 5.91. The molecule has 0 saturated heterocycles. The second kappa shape index (κ2) is 13.6. The van der Waals surface area contributed by atoms with Gasteiger partial charge in [0.1, 0.15) is 0 Å². The number of hydrogen-bond donors (Lipinski definition) is 3. The van der Waals surface area contributed by atoms with E-state index < -0.39 is 0 Å². The van der Waals surface area contributed by atoms with E-state index in [1.807, 2.05) is 85.7 Å². The second-order valence-electron chi connectivity index (χ2n) is 10.8. The zero-order valence-electron chi connectivity index (χ0n) is 24.9. The molecule has 44 heavy (non-hydrogen) atoms. The third-order valence-corrected chi connectivity index (χ3v) is 7.59. The standard InChI is InChI=1S/C35H34ClN5O3/c1-40(2)19-18-31(42)41(3)28-15-13-27(14-16-28)38-33(24-9-5-4-6-10-24)32-29-21-25(12-17-30(29)39-35(32)44)34(43)37-22-23-8-7-11-26(36)20-23/h4-17,20-21,38H,18-19,22H2,1-3H3,(H,37,43)(H,39,44)/b33-32-. The van der Waals surface area contributed by atoms with Gasteiger partial charge in [-0.2, -0.15) is 0 Å². The highest BCUT2D eigenvalue weighted by atomic mass is 35.5. The summed E-state index contributed by atoms with van der Waals surface area (Å²) >= 11 is 6.08. The van der Waals surface area contributed by atoms with Gasteiger partial charge in [-0.15, -0.1) is 0 Å². The minimum absolute atomic E-state index is 0.0261. The van der Waals surface area contributed by atoms with Gasteiger partial charge in [0.2, 0.25) is 5.91 Å². The molecule has 0 aromatic heterocycles. The molecule has 0 atom stereocenters. The van der Waals surface area contributed by atoms with Gasteiger partial charge in [-0.05, 0) is 79.8 Å². The van der Waals surface area contributed by atoms with E-state index in [1.54, 1.807) is 42.3 Å². The van der Waals surface area contributed by atoms with E-state index in [0.717, 1.165) is 22.5 Å². The van der Waals surface area contributed by atoms with Crippen molar-refractivity contribution in [3.8, 4) is 0 Å². The number of carbonyl (C=O) groups is 3. The van der Waals surface area contributed by atoms with Crippen LogP contribution in [0.1, 0.15) is 33.5 Å². The highest BCUT2D eigenvalue weighted by Crippen LogP contribution is 2.38. The van der Waals surface area contributed by atoms with Crippen LogP contribution in [0.25, 0.3) is 11.3 Å². The first-order valence-corrected chi connectivity index (χ1v) is 14.6. The first kappa shape index (κ1) is 30.5. The normalized spacial score (nSPS) is 13.2. The van der Waals surface area contributed by atoms with Crippen molar-refractivity contribution in [3.63, 3.8) is 0 Å². The van der Waals surface area contributed by atoms with Crippen LogP contribution in [0, 0.1) is 0 Å².